The van der Waals surface area contributed by atoms with E-state index in [9.17, 15) is 27.9 Å². The van der Waals surface area contributed by atoms with Gasteiger partial charge in [0.2, 0.25) is 0 Å². The fourth-order valence-corrected chi connectivity index (χ4v) is 2.54. The van der Waals surface area contributed by atoms with Crippen LogP contribution >= 0.6 is 0 Å². The molecule has 2 heterocycles. The lowest BCUT2D eigenvalue weighted by molar-refractivity contribution is -0.144. The predicted molar refractivity (Wildman–Crippen MR) is 95.2 cm³/mol. The number of ether oxygens (including phenoxy) is 1. The van der Waals surface area contributed by atoms with E-state index in [-0.39, 0.29) is 24.6 Å². The SMILES string of the molecule is CCOC(=O)Cn1cc2cc(NC(=O)c3cccc(C(F)(F)F)n3)c(O)cc2n1. The highest BCUT2D eigenvalue weighted by Gasteiger charge is 2.33. The van der Waals surface area contributed by atoms with Gasteiger partial charge in [-0.2, -0.15) is 18.3 Å². The van der Waals surface area contributed by atoms with Crippen molar-refractivity contribution in [2.24, 2.45) is 0 Å². The first-order valence-corrected chi connectivity index (χ1v) is 8.38. The molecule has 0 spiro atoms. The minimum Gasteiger partial charge on any atom is -0.506 e. The second-order valence-electron chi connectivity index (χ2n) is 5.92. The summed E-state index contributed by atoms with van der Waals surface area (Å²) in [5.41, 5.74) is -1.36. The second-order valence-corrected chi connectivity index (χ2v) is 5.92. The Balaban J connectivity index is 1.83. The summed E-state index contributed by atoms with van der Waals surface area (Å²) in [6.45, 7) is 1.75. The molecule has 0 fully saturated rings. The normalized spacial score (nSPS) is 11.4. The molecule has 8 nitrogen and oxygen atoms in total. The van der Waals surface area contributed by atoms with Gasteiger partial charge in [-0.15, -0.1) is 0 Å². The van der Waals surface area contributed by atoms with Crippen molar-refractivity contribution in [1.29, 1.82) is 0 Å². The minimum absolute atomic E-state index is 0.0441. The molecule has 0 saturated heterocycles. The van der Waals surface area contributed by atoms with Crippen LogP contribution in [-0.2, 0) is 22.3 Å². The molecular formula is C18H15F3N4O4. The van der Waals surface area contributed by atoms with Crippen molar-refractivity contribution in [3.8, 4) is 5.75 Å². The summed E-state index contributed by atoms with van der Waals surface area (Å²) < 4.78 is 44.4. The van der Waals surface area contributed by atoms with Gasteiger partial charge in [-0.3, -0.25) is 14.3 Å². The molecule has 2 aromatic heterocycles. The van der Waals surface area contributed by atoms with Gasteiger partial charge < -0.3 is 15.2 Å². The van der Waals surface area contributed by atoms with E-state index in [4.69, 9.17) is 4.74 Å². The molecule has 29 heavy (non-hydrogen) atoms. The van der Waals surface area contributed by atoms with Gasteiger partial charge in [0.1, 0.15) is 23.7 Å². The van der Waals surface area contributed by atoms with Crippen LogP contribution in [0.25, 0.3) is 10.9 Å². The Morgan fingerprint density at radius 2 is 2.03 bits per heavy atom. The van der Waals surface area contributed by atoms with Crippen LogP contribution in [0.3, 0.4) is 0 Å². The number of aromatic hydroxyl groups is 1. The first-order valence-electron chi connectivity index (χ1n) is 8.38. The van der Waals surface area contributed by atoms with Crippen molar-refractivity contribution in [3.63, 3.8) is 0 Å². The zero-order valence-corrected chi connectivity index (χ0v) is 15.0. The molecule has 1 aromatic carbocycles. The number of fused-ring (bicyclic) bond motifs is 1. The van der Waals surface area contributed by atoms with Gasteiger partial charge in [-0.1, -0.05) is 6.07 Å². The monoisotopic (exact) mass is 408 g/mol. The number of pyridine rings is 1. The number of benzene rings is 1. The Bertz CT molecular complexity index is 1080. The van der Waals surface area contributed by atoms with Crippen molar-refractivity contribution in [2.75, 3.05) is 11.9 Å². The third-order valence-electron chi connectivity index (χ3n) is 3.79. The fourth-order valence-electron chi connectivity index (χ4n) is 2.54. The van der Waals surface area contributed by atoms with Gasteiger partial charge in [0.15, 0.2) is 0 Å². The molecule has 3 rings (SSSR count). The molecule has 0 aliphatic carbocycles. The number of esters is 1. The molecule has 11 heteroatoms. The van der Waals surface area contributed by atoms with Gasteiger partial charge in [0.05, 0.1) is 17.8 Å². The lowest BCUT2D eigenvalue weighted by atomic mass is 10.2. The molecule has 2 N–H and O–H groups in total. The first kappa shape index (κ1) is 20.1. The van der Waals surface area contributed by atoms with Gasteiger partial charge in [0, 0.05) is 17.6 Å². The molecule has 0 aliphatic rings. The van der Waals surface area contributed by atoms with E-state index in [2.05, 4.69) is 15.4 Å². The average Bonchev–Trinajstić information content (AvgIpc) is 3.02. The molecular weight excluding hydrogens is 393 g/mol. The third kappa shape index (κ3) is 4.62. The van der Waals surface area contributed by atoms with Gasteiger partial charge >= 0.3 is 12.1 Å². The number of nitrogens with one attached hydrogen (secondary N) is 1. The van der Waals surface area contributed by atoms with Crippen molar-refractivity contribution < 1.29 is 32.6 Å². The smallest absolute Gasteiger partial charge is 0.433 e. The Morgan fingerprint density at radius 1 is 1.28 bits per heavy atom. The van der Waals surface area contributed by atoms with E-state index in [0.29, 0.717) is 10.9 Å². The number of alkyl halides is 3. The van der Waals surface area contributed by atoms with Crippen LogP contribution in [0.15, 0.2) is 36.5 Å². The maximum atomic E-state index is 12.8. The highest BCUT2D eigenvalue weighted by atomic mass is 19.4. The van der Waals surface area contributed by atoms with E-state index in [1.165, 1.54) is 23.0 Å². The topological polar surface area (TPSA) is 106 Å². The molecule has 0 atom stereocenters. The molecule has 0 unspecified atom stereocenters. The highest BCUT2D eigenvalue weighted by Crippen LogP contribution is 2.30. The van der Waals surface area contributed by atoms with Crippen LogP contribution in [0.5, 0.6) is 5.75 Å². The molecule has 0 bridgehead atoms. The van der Waals surface area contributed by atoms with E-state index in [1.807, 2.05) is 0 Å². The van der Waals surface area contributed by atoms with Gasteiger partial charge in [-0.25, -0.2) is 4.98 Å². The van der Waals surface area contributed by atoms with Crippen molar-refractivity contribution in [1.82, 2.24) is 14.8 Å². The lowest BCUT2D eigenvalue weighted by Gasteiger charge is -2.09. The molecule has 0 saturated carbocycles. The number of hydrogen-bond acceptors (Lipinski definition) is 6. The highest BCUT2D eigenvalue weighted by molar-refractivity contribution is 6.05. The summed E-state index contributed by atoms with van der Waals surface area (Å²) >= 11 is 0. The number of anilines is 1. The van der Waals surface area contributed by atoms with Crippen molar-refractivity contribution in [2.45, 2.75) is 19.6 Å². The Hall–Kier alpha value is -3.63. The molecule has 0 radical (unpaired) electrons. The second kappa shape index (κ2) is 7.78. The van der Waals surface area contributed by atoms with Crippen LogP contribution in [0.2, 0.25) is 0 Å². The Labute approximate surface area is 161 Å². The summed E-state index contributed by atoms with van der Waals surface area (Å²) in [7, 11) is 0. The van der Waals surface area contributed by atoms with Crippen LogP contribution in [0, 0.1) is 0 Å². The molecule has 3 aromatic rings. The summed E-state index contributed by atoms with van der Waals surface area (Å²) in [5, 5.41) is 17.0. The lowest BCUT2D eigenvalue weighted by Crippen LogP contribution is -2.17. The first-order chi connectivity index (χ1) is 13.7. The summed E-state index contributed by atoms with van der Waals surface area (Å²) in [6, 6.07) is 5.57. The summed E-state index contributed by atoms with van der Waals surface area (Å²) in [5.74, 6) is -1.77. The zero-order chi connectivity index (χ0) is 21.2. The molecule has 152 valence electrons. The number of hydrogen-bond donors (Lipinski definition) is 2. The third-order valence-corrected chi connectivity index (χ3v) is 3.79. The van der Waals surface area contributed by atoms with Crippen LogP contribution in [0.1, 0.15) is 23.1 Å². The Kier molecular flexibility index (Phi) is 5.39. The maximum absolute atomic E-state index is 12.8. The molecule has 1 amide bonds. The van der Waals surface area contributed by atoms with E-state index in [0.717, 1.165) is 18.2 Å². The largest absolute Gasteiger partial charge is 0.506 e. The Morgan fingerprint density at radius 3 is 2.72 bits per heavy atom. The summed E-state index contributed by atoms with van der Waals surface area (Å²) in [6.07, 6.45) is -3.19. The molecule has 0 aliphatic heterocycles. The van der Waals surface area contributed by atoms with Gasteiger partial charge in [0.25, 0.3) is 5.91 Å². The fraction of sp³-hybridized carbons (Fsp3) is 0.222. The standard InChI is InChI=1S/C18H15F3N4O4/c1-2-29-16(27)9-25-8-10-6-13(14(26)7-12(10)24-25)23-17(28)11-4-3-5-15(22-11)18(19,20)21/h3-8,26H,2,9H2,1H3,(H,23,28). The van der Waals surface area contributed by atoms with Crippen molar-refractivity contribution >= 4 is 28.5 Å². The number of carbonyl (C=O) groups is 2. The number of aromatic nitrogens is 3. The van der Waals surface area contributed by atoms with Crippen molar-refractivity contribution in [3.05, 3.63) is 47.9 Å². The van der Waals surface area contributed by atoms with Crippen LogP contribution < -0.4 is 5.32 Å². The quantitative estimate of drug-likeness (QED) is 0.497. The van der Waals surface area contributed by atoms with Crippen LogP contribution in [0.4, 0.5) is 18.9 Å². The average molecular weight is 408 g/mol. The van der Waals surface area contributed by atoms with E-state index in [1.54, 1.807) is 6.92 Å². The number of carbonyl (C=O) groups excluding carboxylic acids is 2. The minimum atomic E-state index is -4.69. The predicted octanol–water partition coefficient (Wildman–Crippen LogP) is 2.97. The summed E-state index contributed by atoms with van der Waals surface area (Å²) in [4.78, 5) is 27.1. The number of halogens is 3. The number of phenols is 1. The maximum Gasteiger partial charge on any atom is 0.433 e. The van der Waals surface area contributed by atoms with E-state index >= 15 is 0 Å². The number of amides is 1. The zero-order valence-electron chi connectivity index (χ0n) is 15.0. The number of nitrogens with zero attached hydrogens (tertiary/aromatic N) is 3. The number of rotatable bonds is 5. The van der Waals surface area contributed by atoms with E-state index < -0.39 is 29.4 Å². The van der Waals surface area contributed by atoms with Gasteiger partial charge in [-0.05, 0) is 25.1 Å². The van der Waals surface area contributed by atoms with Crippen LogP contribution in [-0.4, -0.2) is 38.4 Å². The number of phenolic OH excluding ortho intramolecular Hbond substituents is 1.